The van der Waals surface area contributed by atoms with E-state index in [-0.39, 0.29) is 5.97 Å². The molecule has 0 aromatic carbocycles. The first-order valence-electron chi connectivity index (χ1n) is 29.5. The number of hydrogen-bond acceptors (Lipinski definition) is 5. The van der Waals surface area contributed by atoms with Gasteiger partial charge >= 0.3 is 5.97 Å². The molecule has 6 heteroatoms. The third-order valence-electron chi connectivity index (χ3n) is 14.6. The van der Waals surface area contributed by atoms with E-state index >= 15 is 0 Å². The Bertz CT molecular complexity index is 1040. The van der Waals surface area contributed by atoms with Gasteiger partial charge in [0, 0.05) is 32.5 Å². The van der Waals surface area contributed by atoms with E-state index < -0.39 is 0 Å². The number of carbonyl (C=O) groups excluding carboxylic acids is 2. The minimum atomic E-state index is -0.0237. The van der Waals surface area contributed by atoms with E-state index in [0.717, 1.165) is 90.6 Å². The first-order valence-corrected chi connectivity index (χ1v) is 29.5. The molecule has 0 unspecified atom stereocenters. The average molecular weight is 915 g/mol. The summed E-state index contributed by atoms with van der Waals surface area (Å²) in [7, 11) is 0. The van der Waals surface area contributed by atoms with Crippen LogP contribution in [0.4, 0.5) is 0 Å². The van der Waals surface area contributed by atoms with Crippen LogP contribution < -0.4 is 0 Å². The summed E-state index contributed by atoms with van der Waals surface area (Å²) in [5.41, 5.74) is 1.55. The molecule has 0 radical (unpaired) electrons. The summed E-state index contributed by atoms with van der Waals surface area (Å²) in [5.74, 6) is 1.05. The fourth-order valence-corrected chi connectivity index (χ4v) is 9.91. The summed E-state index contributed by atoms with van der Waals surface area (Å²) in [4.78, 5) is 33.8. The molecule has 0 N–H and O–H groups in total. The first kappa shape index (κ1) is 61.6. The van der Waals surface area contributed by atoms with Gasteiger partial charge in [0.25, 0.3) is 0 Å². The Balaban J connectivity index is 2.73. The van der Waals surface area contributed by atoms with Gasteiger partial charge in [-0.15, -0.1) is 0 Å². The lowest BCUT2D eigenvalue weighted by Crippen LogP contribution is -2.39. The Morgan fingerprint density at radius 3 is 1.35 bits per heavy atom. The number of hydrogen-bond donors (Lipinski definition) is 0. The van der Waals surface area contributed by atoms with Crippen LogP contribution >= 0.6 is 0 Å². The van der Waals surface area contributed by atoms with Gasteiger partial charge < -0.3 is 19.4 Å². The maximum atomic E-state index is 13.8. The molecule has 65 heavy (non-hydrogen) atoms. The topological polar surface area (TPSA) is 53.1 Å². The standard InChI is InChI=1S/C59H115N3O3/c1-6-11-16-20-24-25-29-33-39-56(43-51-60(47-34-30-26-21-17-12-7-2)48-35-31-27-22-18-13-8-3)41-42-58(63)62-53-45-57(46-54-62)44-52-61(49-36-32-28-23-19-14-9-4)50-38-40-59(64)65-55-37-15-10-5/h39,57H,6-38,40-55H2,1-5H3/b56-39-. The van der Waals surface area contributed by atoms with Gasteiger partial charge in [-0.1, -0.05) is 213 Å². The fourth-order valence-electron chi connectivity index (χ4n) is 9.91. The molecule has 0 saturated carbocycles. The summed E-state index contributed by atoms with van der Waals surface area (Å²) in [6.07, 6.45) is 52.7. The van der Waals surface area contributed by atoms with Gasteiger partial charge in [-0.25, -0.2) is 0 Å². The number of carbonyl (C=O) groups is 2. The van der Waals surface area contributed by atoms with E-state index in [1.54, 1.807) is 5.57 Å². The Hall–Kier alpha value is -1.40. The summed E-state index contributed by atoms with van der Waals surface area (Å²) in [6, 6.07) is 0. The molecule has 0 bridgehead atoms. The van der Waals surface area contributed by atoms with Gasteiger partial charge in [-0.2, -0.15) is 0 Å². The summed E-state index contributed by atoms with van der Waals surface area (Å²) < 4.78 is 5.51. The molecular formula is C59H115N3O3. The Kier molecular flexibility index (Phi) is 45.2. The second kappa shape index (κ2) is 47.7. The van der Waals surface area contributed by atoms with Crippen molar-refractivity contribution in [2.45, 2.75) is 291 Å². The predicted molar refractivity (Wildman–Crippen MR) is 285 cm³/mol. The first-order chi connectivity index (χ1) is 32.0. The fraction of sp³-hybridized carbons (Fsp3) is 0.932. The van der Waals surface area contributed by atoms with Crippen LogP contribution in [-0.4, -0.2) is 85.5 Å². The molecule has 0 spiro atoms. The number of esters is 1. The van der Waals surface area contributed by atoms with E-state index in [4.69, 9.17) is 4.74 Å². The smallest absolute Gasteiger partial charge is 0.305 e. The van der Waals surface area contributed by atoms with Crippen molar-refractivity contribution in [3.63, 3.8) is 0 Å². The monoisotopic (exact) mass is 914 g/mol. The number of ether oxygens (including phenoxy) is 1. The molecule has 1 aliphatic rings. The molecule has 1 fully saturated rings. The quantitative estimate of drug-likeness (QED) is 0.0346. The number of piperidine rings is 1. The minimum Gasteiger partial charge on any atom is -0.466 e. The normalized spacial score (nSPS) is 13.8. The van der Waals surface area contributed by atoms with Crippen LogP contribution in [0.5, 0.6) is 0 Å². The van der Waals surface area contributed by atoms with E-state index in [2.05, 4.69) is 55.4 Å². The zero-order chi connectivity index (χ0) is 47.1. The average Bonchev–Trinajstić information content (AvgIpc) is 3.32. The van der Waals surface area contributed by atoms with E-state index in [0.29, 0.717) is 31.3 Å². The number of rotatable bonds is 49. The highest BCUT2D eigenvalue weighted by atomic mass is 16.5. The number of nitrogens with zero attached hydrogens (tertiary/aromatic N) is 3. The lowest BCUT2D eigenvalue weighted by molar-refractivity contribution is -0.144. The van der Waals surface area contributed by atoms with Gasteiger partial charge in [0.2, 0.25) is 5.91 Å². The van der Waals surface area contributed by atoms with Gasteiger partial charge in [0.15, 0.2) is 0 Å². The van der Waals surface area contributed by atoms with Crippen molar-refractivity contribution >= 4 is 11.9 Å². The van der Waals surface area contributed by atoms with Crippen molar-refractivity contribution in [3.05, 3.63) is 11.6 Å². The largest absolute Gasteiger partial charge is 0.466 e. The minimum absolute atomic E-state index is 0.0237. The van der Waals surface area contributed by atoms with E-state index in [1.807, 2.05) is 0 Å². The lowest BCUT2D eigenvalue weighted by Gasteiger charge is -2.33. The highest BCUT2D eigenvalue weighted by Crippen LogP contribution is 2.24. The van der Waals surface area contributed by atoms with Crippen LogP contribution in [0.2, 0.25) is 0 Å². The highest BCUT2D eigenvalue weighted by Gasteiger charge is 2.23. The van der Waals surface area contributed by atoms with Gasteiger partial charge in [0.05, 0.1) is 6.61 Å². The summed E-state index contributed by atoms with van der Waals surface area (Å²) in [5, 5.41) is 0. The van der Waals surface area contributed by atoms with Crippen LogP contribution in [-0.2, 0) is 14.3 Å². The van der Waals surface area contributed by atoms with Crippen molar-refractivity contribution in [2.24, 2.45) is 5.92 Å². The molecule has 1 rings (SSSR count). The Morgan fingerprint density at radius 1 is 0.446 bits per heavy atom. The maximum absolute atomic E-state index is 13.8. The van der Waals surface area contributed by atoms with Crippen molar-refractivity contribution in [1.29, 1.82) is 0 Å². The Morgan fingerprint density at radius 2 is 0.862 bits per heavy atom. The van der Waals surface area contributed by atoms with E-state index in [9.17, 15) is 9.59 Å². The van der Waals surface area contributed by atoms with Gasteiger partial charge in [0.1, 0.15) is 0 Å². The van der Waals surface area contributed by atoms with Crippen LogP contribution in [0.3, 0.4) is 0 Å². The highest BCUT2D eigenvalue weighted by molar-refractivity contribution is 5.76. The summed E-state index contributed by atoms with van der Waals surface area (Å²) in [6.45, 7) is 20.7. The van der Waals surface area contributed by atoms with Crippen molar-refractivity contribution in [3.8, 4) is 0 Å². The molecule has 0 aliphatic carbocycles. The second-order valence-corrected chi connectivity index (χ2v) is 20.7. The molecule has 1 amide bonds. The third-order valence-corrected chi connectivity index (χ3v) is 14.6. The van der Waals surface area contributed by atoms with Gasteiger partial charge in [-0.3, -0.25) is 9.59 Å². The maximum Gasteiger partial charge on any atom is 0.305 e. The Labute approximate surface area is 407 Å². The number of allylic oxidation sites excluding steroid dienone is 1. The molecule has 0 aromatic rings. The number of unbranched alkanes of at least 4 members (excludes halogenated alkanes) is 27. The zero-order valence-electron chi connectivity index (χ0n) is 44.9. The molecule has 1 heterocycles. The second-order valence-electron chi connectivity index (χ2n) is 20.7. The van der Waals surface area contributed by atoms with Crippen LogP contribution in [0, 0.1) is 5.92 Å². The van der Waals surface area contributed by atoms with Gasteiger partial charge in [-0.05, 0) is 116 Å². The molecule has 0 aromatic heterocycles. The van der Waals surface area contributed by atoms with Crippen molar-refractivity contribution < 1.29 is 14.3 Å². The zero-order valence-corrected chi connectivity index (χ0v) is 44.9. The van der Waals surface area contributed by atoms with Crippen molar-refractivity contribution in [1.82, 2.24) is 14.7 Å². The molecular weight excluding hydrogens is 799 g/mol. The van der Waals surface area contributed by atoms with Crippen LogP contribution in [0.15, 0.2) is 11.6 Å². The molecule has 384 valence electrons. The molecule has 1 saturated heterocycles. The van der Waals surface area contributed by atoms with Crippen LogP contribution in [0.1, 0.15) is 291 Å². The van der Waals surface area contributed by atoms with Crippen molar-refractivity contribution in [2.75, 3.05) is 59.0 Å². The SMILES string of the molecule is CCCCCCCCC/C=C(/CCC(=O)N1CCC(CCN(CCCCCCCCC)CCCC(=O)OCCCCC)CC1)CCN(CCCCCCCCC)CCCCCCCCC. The molecule has 1 aliphatic heterocycles. The van der Waals surface area contributed by atoms with Crippen LogP contribution in [0.25, 0.3) is 0 Å². The lowest BCUT2D eigenvalue weighted by atomic mass is 9.92. The summed E-state index contributed by atoms with van der Waals surface area (Å²) >= 11 is 0. The predicted octanol–water partition coefficient (Wildman–Crippen LogP) is 17.2. The number of amides is 1. The third kappa shape index (κ3) is 39.2. The number of likely N-dealkylation sites (tertiary alicyclic amines) is 1. The van der Waals surface area contributed by atoms with E-state index in [1.165, 1.54) is 206 Å². The molecule has 6 nitrogen and oxygen atoms in total. The molecule has 0 atom stereocenters.